The van der Waals surface area contributed by atoms with Crippen molar-refractivity contribution in [1.29, 1.82) is 0 Å². The van der Waals surface area contributed by atoms with Gasteiger partial charge in [0.05, 0.1) is 0 Å². The molecule has 1 aliphatic heterocycles. The van der Waals surface area contributed by atoms with E-state index in [-0.39, 0.29) is 5.56 Å². The molecule has 0 saturated carbocycles. The Balaban J connectivity index is 2.00. The van der Waals surface area contributed by atoms with E-state index in [1.165, 1.54) is 19.1 Å². The fourth-order valence-electron chi connectivity index (χ4n) is 2.81. The molecule has 1 heterocycles. The van der Waals surface area contributed by atoms with E-state index < -0.39 is 47.7 Å². The number of hydrogen-bond donors (Lipinski definition) is 1. The van der Waals surface area contributed by atoms with Crippen molar-refractivity contribution in [2.24, 2.45) is 0 Å². The molecule has 26 heavy (non-hydrogen) atoms. The fraction of sp³-hybridized carbons (Fsp3) is 0.444. The van der Waals surface area contributed by atoms with E-state index >= 15 is 0 Å². The van der Waals surface area contributed by atoms with Crippen LogP contribution in [0.15, 0.2) is 24.3 Å². The Morgan fingerprint density at radius 2 is 1.77 bits per heavy atom. The molecule has 1 saturated heterocycles. The molecule has 1 aromatic rings. The molecule has 1 N–H and O–H groups in total. The van der Waals surface area contributed by atoms with Gasteiger partial charge in [0.15, 0.2) is 6.10 Å². The predicted molar refractivity (Wildman–Crippen MR) is 89.8 cm³/mol. The average molecular weight is 364 g/mol. The van der Waals surface area contributed by atoms with Gasteiger partial charge in [0.25, 0.3) is 5.91 Å². The highest BCUT2D eigenvalue weighted by atomic mass is 19.1. The number of imide groups is 1. The van der Waals surface area contributed by atoms with E-state index in [9.17, 15) is 23.6 Å². The summed E-state index contributed by atoms with van der Waals surface area (Å²) in [6, 6.07) is 4.17. The molecule has 3 amide bonds. The van der Waals surface area contributed by atoms with Crippen molar-refractivity contribution in [2.45, 2.75) is 45.3 Å². The van der Waals surface area contributed by atoms with Gasteiger partial charge in [0, 0.05) is 5.56 Å². The van der Waals surface area contributed by atoms with Crippen LogP contribution < -0.4 is 5.32 Å². The van der Waals surface area contributed by atoms with E-state index in [1.54, 1.807) is 13.8 Å². The molecule has 0 aliphatic carbocycles. The normalized spacial score (nSPS) is 17.0. The summed E-state index contributed by atoms with van der Waals surface area (Å²) < 4.78 is 17.9. The second-order valence-corrected chi connectivity index (χ2v) is 6.11. The molecule has 1 aromatic carbocycles. The van der Waals surface area contributed by atoms with Gasteiger partial charge in [-0.15, -0.1) is 0 Å². The first-order chi connectivity index (χ1) is 12.2. The van der Waals surface area contributed by atoms with Gasteiger partial charge in [0.2, 0.25) is 5.78 Å². The van der Waals surface area contributed by atoms with Crippen molar-refractivity contribution in [3.63, 3.8) is 0 Å². The summed E-state index contributed by atoms with van der Waals surface area (Å²) in [5.41, 5.74) is -0.815. The molecule has 0 spiro atoms. The third-order valence-electron chi connectivity index (χ3n) is 4.55. The van der Waals surface area contributed by atoms with Gasteiger partial charge in [-0.05, 0) is 44.0 Å². The molecule has 2 rings (SSSR count). The summed E-state index contributed by atoms with van der Waals surface area (Å²) in [6.45, 7) is 4.34. The van der Waals surface area contributed by atoms with E-state index in [4.69, 9.17) is 4.74 Å². The first-order valence-electron chi connectivity index (χ1n) is 8.37. The molecule has 0 radical (unpaired) electrons. The number of halogens is 1. The highest BCUT2D eigenvalue weighted by Gasteiger charge is 2.49. The van der Waals surface area contributed by atoms with Gasteiger partial charge < -0.3 is 10.1 Å². The largest absolute Gasteiger partial charge is 0.453 e. The Hall–Kier alpha value is -2.77. The fourth-order valence-corrected chi connectivity index (χ4v) is 2.81. The molecular formula is C18H21FN2O5. The molecule has 1 atom stereocenters. The Morgan fingerprint density at radius 1 is 1.19 bits per heavy atom. The standard InChI is InChI=1S/C18H21FN2O5/c1-4-18(5-2)16(24)21(17(25)20-18)10-14(22)26-11(3)15(23)12-6-8-13(19)9-7-12/h6-9,11H,4-5,10H2,1-3H3,(H,20,25)/t11-/m0/s1. The lowest BCUT2D eigenvalue weighted by molar-refractivity contribution is -0.150. The van der Waals surface area contributed by atoms with Crippen LogP contribution >= 0.6 is 0 Å². The maximum absolute atomic E-state index is 12.9. The summed E-state index contributed by atoms with van der Waals surface area (Å²) in [4.78, 5) is 49.5. The predicted octanol–water partition coefficient (Wildman–Crippen LogP) is 2.05. The Morgan fingerprint density at radius 3 is 2.27 bits per heavy atom. The summed E-state index contributed by atoms with van der Waals surface area (Å²) >= 11 is 0. The number of hydrogen-bond acceptors (Lipinski definition) is 5. The number of benzene rings is 1. The second-order valence-electron chi connectivity index (χ2n) is 6.11. The van der Waals surface area contributed by atoms with E-state index in [1.807, 2.05) is 0 Å². The molecule has 140 valence electrons. The Labute approximate surface area is 150 Å². The van der Waals surface area contributed by atoms with Crippen LogP contribution in [0.4, 0.5) is 9.18 Å². The molecule has 7 nitrogen and oxygen atoms in total. The monoisotopic (exact) mass is 364 g/mol. The van der Waals surface area contributed by atoms with Crippen LogP contribution in [-0.4, -0.2) is 46.8 Å². The van der Waals surface area contributed by atoms with Crippen molar-refractivity contribution < 1.29 is 28.3 Å². The van der Waals surface area contributed by atoms with Crippen molar-refractivity contribution >= 4 is 23.7 Å². The number of Topliss-reactive ketones (excluding diaryl/α,β-unsaturated/α-hetero) is 1. The van der Waals surface area contributed by atoms with Gasteiger partial charge in [-0.1, -0.05) is 13.8 Å². The van der Waals surface area contributed by atoms with Crippen LogP contribution in [0.25, 0.3) is 0 Å². The SMILES string of the molecule is CCC1(CC)NC(=O)N(CC(=O)O[C@@H](C)C(=O)c2ccc(F)cc2)C1=O. The van der Waals surface area contributed by atoms with Crippen LogP contribution in [0.3, 0.4) is 0 Å². The van der Waals surface area contributed by atoms with Gasteiger partial charge in [0.1, 0.15) is 17.9 Å². The van der Waals surface area contributed by atoms with Crippen molar-refractivity contribution in [3.8, 4) is 0 Å². The number of carbonyl (C=O) groups is 4. The third-order valence-corrected chi connectivity index (χ3v) is 4.55. The number of nitrogens with one attached hydrogen (secondary N) is 1. The van der Waals surface area contributed by atoms with E-state index in [0.717, 1.165) is 17.0 Å². The number of urea groups is 1. The molecule has 0 bridgehead atoms. The topological polar surface area (TPSA) is 92.8 Å². The van der Waals surface area contributed by atoms with E-state index in [2.05, 4.69) is 5.32 Å². The van der Waals surface area contributed by atoms with Crippen molar-refractivity contribution in [1.82, 2.24) is 10.2 Å². The summed E-state index contributed by atoms with van der Waals surface area (Å²) in [6.07, 6.45) is -0.325. The number of esters is 1. The minimum atomic E-state index is -1.13. The Bertz CT molecular complexity index is 728. The van der Waals surface area contributed by atoms with Crippen molar-refractivity contribution in [2.75, 3.05) is 6.54 Å². The summed E-state index contributed by atoms with van der Waals surface area (Å²) in [5.74, 6) is -2.35. The number of amides is 3. The lowest BCUT2D eigenvalue weighted by Crippen LogP contribution is -2.46. The molecule has 1 fully saturated rings. The minimum Gasteiger partial charge on any atom is -0.453 e. The first kappa shape index (κ1) is 19.6. The molecule has 8 heteroatoms. The van der Waals surface area contributed by atoms with Gasteiger partial charge in [-0.2, -0.15) is 0 Å². The number of ether oxygens (including phenoxy) is 1. The lowest BCUT2D eigenvalue weighted by Gasteiger charge is -2.23. The van der Waals surface area contributed by atoms with Crippen LogP contribution in [0.1, 0.15) is 44.0 Å². The zero-order valence-electron chi connectivity index (χ0n) is 14.9. The van der Waals surface area contributed by atoms with E-state index in [0.29, 0.717) is 12.8 Å². The minimum absolute atomic E-state index is 0.192. The second kappa shape index (κ2) is 7.63. The van der Waals surface area contributed by atoms with Crippen LogP contribution in [0.2, 0.25) is 0 Å². The Kier molecular flexibility index (Phi) is 5.74. The highest BCUT2D eigenvalue weighted by molar-refractivity contribution is 6.08. The molecular weight excluding hydrogens is 343 g/mol. The number of rotatable bonds is 7. The van der Waals surface area contributed by atoms with Crippen molar-refractivity contribution in [3.05, 3.63) is 35.6 Å². The number of ketones is 1. The average Bonchev–Trinajstić information content (AvgIpc) is 2.86. The quantitative estimate of drug-likeness (QED) is 0.454. The van der Waals surface area contributed by atoms with Crippen LogP contribution in [0, 0.1) is 5.82 Å². The zero-order valence-corrected chi connectivity index (χ0v) is 14.9. The maximum atomic E-state index is 12.9. The molecule has 0 unspecified atom stereocenters. The lowest BCUT2D eigenvalue weighted by atomic mass is 9.93. The van der Waals surface area contributed by atoms with Gasteiger partial charge in [-0.25, -0.2) is 9.18 Å². The molecule has 1 aliphatic rings. The third kappa shape index (κ3) is 3.74. The van der Waals surface area contributed by atoms with Gasteiger partial charge >= 0.3 is 12.0 Å². The van der Waals surface area contributed by atoms with Crippen LogP contribution in [0.5, 0.6) is 0 Å². The van der Waals surface area contributed by atoms with Crippen LogP contribution in [-0.2, 0) is 14.3 Å². The first-order valence-corrected chi connectivity index (χ1v) is 8.37. The van der Waals surface area contributed by atoms with Gasteiger partial charge in [-0.3, -0.25) is 19.3 Å². The molecule has 0 aromatic heterocycles. The zero-order chi connectivity index (χ0) is 19.5. The smallest absolute Gasteiger partial charge is 0.326 e. The number of nitrogens with zero attached hydrogens (tertiary/aromatic N) is 1. The summed E-state index contributed by atoms with van der Waals surface area (Å²) in [5, 5.41) is 2.61. The highest BCUT2D eigenvalue weighted by Crippen LogP contribution is 2.24. The maximum Gasteiger partial charge on any atom is 0.326 e. The number of carbonyl (C=O) groups excluding carboxylic acids is 4. The summed E-state index contributed by atoms with van der Waals surface area (Å²) in [7, 11) is 0.